The molecule has 1 aromatic carbocycles. The van der Waals surface area contributed by atoms with Gasteiger partial charge in [-0.05, 0) is 38.2 Å². The van der Waals surface area contributed by atoms with Gasteiger partial charge in [-0.3, -0.25) is 4.79 Å². The molecule has 0 saturated carbocycles. The third-order valence-corrected chi connectivity index (χ3v) is 4.48. The van der Waals surface area contributed by atoms with Gasteiger partial charge in [-0.1, -0.05) is 12.1 Å². The van der Waals surface area contributed by atoms with Crippen LogP contribution in [0.15, 0.2) is 24.3 Å². The second kappa shape index (κ2) is 8.95. The Morgan fingerprint density at radius 3 is 2.30 bits per heavy atom. The molecular formula is C15H24FN3O3S. The molecule has 0 aliphatic rings. The molecule has 0 aliphatic carbocycles. The van der Waals surface area contributed by atoms with E-state index in [9.17, 15) is 17.6 Å². The molecule has 1 rings (SSSR count). The molecule has 0 radical (unpaired) electrons. The number of carbonyl (C=O) groups is 1. The van der Waals surface area contributed by atoms with E-state index >= 15 is 0 Å². The number of nitrogens with one attached hydrogen (secondary N) is 1. The topological polar surface area (TPSA) is 69.7 Å². The summed E-state index contributed by atoms with van der Waals surface area (Å²) in [5.74, 6) is -0.676. The summed E-state index contributed by atoms with van der Waals surface area (Å²) < 4.78 is 37.6. The monoisotopic (exact) mass is 345 g/mol. The quantitative estimate of drug-likeness (QED) is 0.699. The van der Waals surface area contributed by atoms with Crippen molar-refractivity contribution in [2.75, 3.05) is 46.5 Å². The first-order valence-electron chi connectivity index (χ1n) is 7.29. The fraction of sp³-hybridized carbons (Fsp3) is 0.533. The molecule has 0 fully saturated rings. The molecular weight excluding hydrogens is 321 g/mol. The van der Waals surface area contributed by atoms with E-state index in [1.54, 1.807) is 12.1 Å². The maximum atomic E-state index is 12.9. The summed E-state index contributed by atoms with van der Waals surface area (Å²) in [5, 5.41) is 2.69. The van der Waals surface area contributed by atoms with E-state index in [0.29, 0.717) is 19.5 Å². The number of likely N-dealkylation sites (N-methyl/N-ethyl adjacent to an activating group) is 1. The Balaban J connectivity index is 2.56. The zero-order valence-electron chi connectivity index (χ0n) is 13.8. The molecule has 130 valence electrons. The summed E-state index contributed by atoms with van der Waals surface area (Å²) in [6.45, 7) is 1.10. The van der Waals surface area contributed by atoms with Crippen LogP contribution >= 0.6 is 0 Å². The van der Waals surface area contributed by atoms with Crippen LogP contribution < -0.4 is 5.32 Å². The van der Waals surface area contributed by atoms with Crippen LogP contribution in [0.2, 0.25) is 0 Å². The molecule has 0 spiro atoms. The fourth-order valence-electron chi connectivity index (χ4n) is 1.90. The highest BCUT2D eigenvalue weighted by Gasteiger charge is 2.19. The van der Waals surface area contributed by atoms with Crippen molar-refractivity contribution in [1.29, 1.82) is 0 Å². The molecule has 8 heteroatoms. The molecule has 0 saturated heterocycles. The highest BCUT2D eigenvalue weighted by molar-refractivity contribution is 7.88. The Morgan fingerprint density at radius 1 is 1.17 bits per heavy atom. The SMILES string of the molecule is CN(C)CCNC(=O)CN(CCc1ccc(F)cc1)S(C)(=O)=O. The molecule has 0 aliphatic heterocycles. The van der Waals surface area contributed by atoms with Gasteiger partial charge in [0, 0.05) is 19.6 Å². The van der Waals surface area contributed by atoms with E-state index in [4.69, 9.17) is 0 Å². The molecule has 23 heavy (non-hydrogen) atoms. The van der Waals surface area contributed by atoms with Crippen molar-refractivity contribution in [2.45, 2.75) is 6.42 Å². The van der Waals surface area contributed by atoms with E-state index in [-0.39, 0.29) is 24.8 Å². The second-order valence-electron chi connectivity index (χ2n) is 5.63. The number of rotatable bonds is 9. The van der Waals surface area contributed by atoms with Crippen molar-refractivity contribution in [3.05, 3.63) is 35.6 Å². The molecule has 1 N–H and O–H groups in total. The van der Waals surface area contributed by atoms with Crippen molar-refractivity contribution in [1.82, 2.24) is 14.5 Å². The van der Waals surface area contributed by atoms with Crippen molar-refractivity contribution < 1.29 is 17.6 Å². The minimum absolute atomic E-state index is 0.172. The van der Waals surface area contributed by atoms with Gasteiger partial charge in [0.25, 0.3) is 0 Å². The number of sulfonamides is 1. The average Bonchev–Trinajstić information content (AvgIpc) is 2.43. The number of halogens is 1. The van der Waals surface area contributed by atoms with Gasteiger partial charge in [-0.25, -0.2) is 12.8 Å². The lowest BCUT2D eigenvalue weighted by molar-refractivity contribution is -0.121. The summed E-state index contributed by atoms with van der Waals surface area (Å²) >= 11 is 0. The standard InChI is InChI=1S/C15H24FN3O3S/c1-18(2)11-9-17-15(20)12-19(23(3,21)22)10-8-13-4-6-14(16)7-5-13/h4-7H,8-12H2,1-3H3,(H,17,20). The smallest absolute Gasteiger partial charge is 0.235 e. The van der Waals surface area contributed by atoms with Crippen molar-refractivity contribution in [3.8, 4) is 0 Å². The predicted molar refractivity (Wildman–Crippen MR) is 88.1 cm³/mol. The zero-order chi connectivity index (χ0) is 17.5. The van der Waals surface area contributed by atoms with Gasteiger partial charge in [0.1, 0.15) is 5.82 Å². The van der Waals surface area contributed by atoms with Crippen LogP contribution in [0.5, 0.6) is 0 Å². The van der Waals surface area contributed by atoms with Crippen LogP contribution in [-0.4, -0.2) is 70.1 Å². The van der Waals surface area contributed by atoms with Gasteiger partial charge in [-0.2, -0.15) is 4.31 Å². The fourth-order valence-corrected chi connectivity index (χ4v) is 2.68. The Morgan fingerprint density at radius 2 is 1.78 bits per heavy atom. The molecule has 0 bridgehead atoms. The van der Waals surface area contributed by atoms with E-state index < -0.39 is 10.0 Å². The van der Waals surface area contributed by atoms with Gasteiger partial charge in [-0.15, -0.1) is 0 Å². The van der Waals surface area contributed by atoms with Crippen LogP contribution in [0.4, 0.5) is 4.39 Å². The Labute approximate surface area is 137 Å². The Hall–Kier alpha value is -1.51. The molecule has 1 aromatic rings. The first-order chi connectivity index (χ1) is 10.7. The number of amides is 1. The largest absolute Gasteiger partial charge is 0.354 e. The molecule has 0 heterocycles. The summed E-state index contributed by atoms with van der Waals surface area (Å²) in [6.07, 6.45) is 1.49. The minimum atomic E-state index is -3.49. The normalized spacial score (nSPS) is 11.9. The second-order valence-corrected chi connectivity index (χ2v) is 7.61. The van der Waals surface area contributed by atoms with Crippen LogP contribution in [0, 0.1) is 5.82 Å². The van der Waals surface area contributed by atoms with Crippen molar-refractivity contribution in [3.63, 3.8) is 0 Å². The van der Waals surface area contributed by atoms with Crippen LogP contribution in [0.3, 0.4) is 0 Å². The number of hydrogen-bond acceptors (Lipinski definition) is 4. The van der Waals surface area contributed by atoms with Gasteiger partial charge < -0.3 is 10.2 Å². The van der Waals surface area contributed by atoms with E-state index in [1.165, 1.54) is 12.1 Å². The van der Waals surface area contributed by atoms with Gasteiger partial charge in [0.05, 0.1) is 12.8 Å². The number of benzene rings is 1. The summed E-state index contributed by atoms with van der Waals surface area (Å²) in [7, 11) is 0.281. The van der Waals surface area contributed by atoms with Crippen molar-refractivity contribution >= 4 is 15.9 Å². The highest BCUT2D eigenvalue weighted by atomic mass is 32.2. The van der Waals surface area contributed by atoms with Gasteiger partial charge >= 0.3 is 0 Å². The summed E-state index contributed by atoms with van der Waals surface area (Å²) in [5.41, 5.74) is 0.813. The highest BCUT2D eigenvalue weighted by Crippen LogP contribution is 2.06. The van der Waals surface area contributed by atoms with Crippen molar-refractivity contribution in [2.24, 2.45) is 0 Å². The average molecular weight is 345 g/mol. The third-order valence-electron chi connectivity index (χ3n) is 3.23. The lowest BCUT2D eigenvalue weighted by Gasteiger charge is -2.20. The molecule has 1 amide bonds. The lowest BCUT2D eigenvalue weighted by Crippen LogP contribution is -2.42. The first kappa shape index (κ1) is 19.5. The molecule has 0 aromatic heterocycles. The van der Waals surface area contributed by atoms with Crippen LogP contribution in [0.25, 0.3) is 0 Å². The zero-order valence-corrected chi connectivity index (χ0v) is 14.6. The van der Waals surface area contributed by atoms with E-state index in [0.717, 1.165) is 16.1 Å². The van der Waals surface area contributed by atoms with Crippen LogP contribution in [0.1, 0.15) is 5.56 Å². The number of hydrogen-bond donors (Lipinski definition) is 1. The lowest BCUT2D eigenvalue weighted by atomic mass is 10.1. The molecule has 0 atom stereocenters. The third kappa shape index (κ3) is 8.06. The maximum Gasteiger partial charge on any atom is 0.235 e. The molecule has 6 nitrogen and oxygen atoms in total. The maximum absolute atomic E-state index is 12.9. The van der Waals surface area contributed by atoms with Gasteiger partial charge in [0.15, 0.2) is 0 Å². The Bertz CT molecular complexity index is 603. The number of carbonyl (C=O) groups excluding carboxylic acids is 1. The summed E-state index contributed by atoms with van der Waals surface area (Å²) in [6, 6.07) is 5.86. The Kier molecular flexibility index (Phi) is 7.60. The first-order valence-corrected chi connectivity index (χ1v) is 9.14. The molecule has 0 unspecified atom stereocenters. The minimum Gasteiger partial charge on any atom is -0.354 e. The van der Waals surface area contributed by atoms with E-state index in [2.05, 4.69) is 5.32 Å². The van der Waals surface area contributed by atoms with Crippen LogP contribution in [-0.2, 0) is 21.2 Å². The predicted octanol–water partition coefficient (Wildman–Crippen LogP) is 0.308. The van der Waals surface area contributed by atoms with E-state index in [1.807, 2.05) is 19.0 Å². The van der Waals surface area contributed by atoms with Gasteiger partial charge in [0.2, 0.25) is 15.9 Å². The summed E-state index contributed by atoms with van der Waals surface area (Å²) in [4.78, 5) is 13.8. The number of nitrogens with zero attached hydrogens (tertiary/aromatic N) is 2.